The molecule has 2 aromatic rings. The van der Waals surface area contributed by atoms with Gasteiger partial charge in [0.1, 0.15) is 0 Å². The van der Waals surface area contributed by atoms with Gasteiger partial charge in [0.2, 0.25) is 0 Å². The zero-order valence-corrected chi connectivity index (χ0v) is 10.7. The molecule has 0 saturated heterocycles. The molecule has 1 aromatic carbocycles. The van der Waals surface area contributed by atoms with E-state index in [0.29, 0.717) is 5.56 Å². The van der Waals surface area contributed by atoms with Gasteiger partial charge < -0.3 is 11.1 Å². The lowest BCUT2D eigenvalue weighted by molar-refractivity contribution is -0.385. The number of aromatic nitrogens is 1. The largest absolute Gasteiger partial charge is 0.381 e. The first-order chi connectivity index (χ1) is 10.0. The minimum atomic E-state index is -0.919. The number of halogens is 1. The molecule has 21 heavy (non-hydrogen) atoms. The molecule has 8 heteroatoms. The molecule has 0 aliphatic rings. The fraction of sp³-hybridized carbons (Fsp3) is 0.0769. The summed E-state index contributed by atoms with van der Waals surface area (Å²) in [5.41, 5.74) is 5.21. The van der Waals surface area contributed by atoms with Crippen molar-refractivity contribution in [3.63, 3.8) is 0 Å². The van der Waals surface area contributed by atoms with Crippen LogP contribution in [0.4, 0.5) is 15.9 Å². The average molecular weight is 290 g/mol. The summed E-state index contributed by atoms with van der Waals surface area (Å²) in [5.74, 6) is -2.02. The van der Waals surface area contributed by atoms with Crippen LogP contribution in [0.5, 0.6) is 0 Å². The van der Waals surface area contributed by atoms with E-state index >= 15 is 0 Å². The summed E-state index contributed by atoms with van der Waals surface area (Å²) < 4.78 is 13.6. The zero-order valence-electron chi connectivity index (χ0n) is 10.7. The van der Waals surface area contributed by atoms with Crippen LogP contribution in [0, 0.1) is 15.9 Å². The highest BCUT2D eigenvalue weighted by molar-refractivity contribution is 5.95. The maximum absolute atomic E-state index is 13.6. The number of nitro groups is 1. The molecular weight excluding hydrogens is 279 g/mol. The average Bonchev–Trinajstić information content (AvgIpc) is 2.47. The monoisotopic (exact) mass is 290 g/mol. The summed E-state index contributed by atoms with van der Waals surface area (Å²) in [4.78, 5) is 25.7. The molecule has 0 unspecified atom stereocenters. The number of nitrogens with zero attached hydrogens (tertiary/aromatic N) is 2. The van der Waals surface area contributed by atoms with Gasteiger partial charge in [0.05, 0.1) is 10.5 Å². The minimum Gasteiger partial charge on any atom is -0.381 e. The molecule has 0 atom stereocenters. The van der Waals surface area contributed by atoms with Crippen LogP contribution in [-0.4, -0.2) is 15.8 Å². The number of nitrogens with one attached hydrogen (secondary N) is 1. The summed E-state index contributed by atoms with van der Waals surface area (Å²) in [6.07, 6.45) is 1.21. The van der Waals surface area contributed by atoms with Crippen LogP contribution in [-0.2, 0) is 6.54 Å². The Morgan fingerprint density at radius 3 is 2.81 bits per heavy atom. The highest BCUT2D eigenvalue weighted by atomic mass is 19.1. The molecule has 1 amide bonds. The fourth-order valence-corrected chi connectivity index (χ4v) is 1.74. The number of nitrogens with two attached hydrogens (primary N) is 1. The molecule has 0 radical (unpaired) electrons. The standard InChI is InChI=1S/C13H11FN4O3/c14-11-9(5-6-16-12(11)15)13(19)17-7-8-3-1-2-4-10(8)18(20)21/h1-6H,7H2,(H2,15,16)(H,17,19). The van der Waals surface area contributed by atoms with Crippen LogP contribution >= 0.6 is 0 Å². The lowest BCUT2D eigenvalue weighted by atomic mass is 10.1. The summed E-state index contributed by atoms with van der Waals surface area (Å²) in [6, 6.07) is 7.15. The lowest BCUT2D eigenvalue weighted by Gasteiger charge is -2.07. The van der Waals surface area contributed by atoms with Crippen molar-refractivity contribution >= 4 is 17.4 Å². The van der Waals surface area contributed by atoms with E-state index in [4.69, 9.17) is 5.73 Å². The summed E-state index contributed by atoms with van der Waals surface area (Å²) >= 11 is 0. The van der Waals surface area contributed by atoms with Crippen LogP contribution < -0.4 is 11.1 Å². The van der Waals surface area contributed by atoms with Crippen LogP contribution in [0.15, 0.2) is 36.5 Å². The number of anilines is 1. The van der Waals surface area contributed by atoms with E-state index in [2.05, 4.69) is 10.3 Å². The molecule has 7 nitrogen and oxygen atoms in total. The zero-order chi connectivity index (χ0) is 15.4. The van der Waals surface area contributed by atoms with Crippen molar-refractivity contribution in [1.82, 2.24) is 10.3 Å². The van der Waals surface area contributed by atoms with Gasteiger partial charge in [0.25, 0.3) is 11.6 Å². The third kappa shape index (κ3) is 3.11. The third-order valence-corrected chi connectivity index (χ3v) is 2.79. The van der Waals surface area contributed by atoms with E-state index in [-0.39, 0.29) is 23.6 Å². The number of hydrogen-bond donors (Lipinski definition) is 2. The van der Waals surface area contributed by atoms with Crippen molar-refractivity contribution in [2.75, 3.05) is 5.73 Å². The number of amides is 1. The molecule has 0 aliphatic heterocycles. The molecule has 0 fully saturated rings. The number of nitro benzene ring substituents is 1. The summed E-state index contributed by atoms with van der Waals surface area (Å²) in [5, 5.41) is 13.3. The Balaban J connectivity index is 2.15. The van der Waals surface area contributed by atoms with Crippen molar-refractivity contribution in [2.24, 2.45) is 0 Å². The van der Waals surface area contributed by atoms with Crippen molar-refractivity contribution in [3.8, 4) is 0 Å². The van der Waals surface area contributed by atoms with Gasteiger partial charge in [-0.25, -0.2) is 9.37 Å². The first-order valence-corrected chi connectivity index (χ1v) is 5.91. The number of carbonyl (C=O) groups excluding carboxylic acids is 1. The molecule has 1 aromatic heterocycles. The van der Waals surface area contributed by atoms with Gasteiger partial charge in [-0.1, -0.05) is 18.2 Å². The van der Waals surface area contributed by atoms with Gasteiger partial charge in [-0.3, -0.25) is 14.9 Å². The van der Waals surface area contributed by atoms with E-state index in [1.54, 1.807) is 6.07 Å². The molecule has 0 bridgehead atoms. The molecule has 0 spiro atoms. The summed E-state index contributed by atoms with van der Waals surface area (Å²) in [6.45, 7) is -0.0995. The van der Waals surface area contributed by atoms with Crippen LogP contribution in [0.2, 0.25) is 0 Å². The highest BCUT2D eigenvalue weighted by Crippen LogP contribution is 2.18. The second-order valence-electron chi connectivity index (χ2n) is 4.13. The third-order valence-electron chi connectivity index (χ3n) is 2.79. The second kappa shape index (κ2) is 5.95. The van der Waals surface area contributed by atoms with Gasteiger partial charge in [-0.15, -0.1) is 0 Å². The molecule has 3 N–H and O–H groups in total. The maximum atomic E-state index is 13.6. The number of benzene rings is 1. The SMILES string of the molecule is Nc1nccc(C(=O)NCc2ccccc2[N+](=O)[O-])c1F. The number of rotatable bonds is 4. The Kier molecular flexibility index (Phi) is 4.07. The molecule has 108 valence electrons. The number of carbonyl (C=O) groups is 1. The van der Waals surface area contributed by atoms with E-state index in [9.17, 15) is 19.3 Å². The number of pyridine rings is 1. The quantitative estimate of drug-likeness (QED) is 0.656. The summed E-state index contributed by atoms with van der Waals surface area (Å²) in [7, 11) is 0. The molecule has 1 heterocycles. The Morgan fingerprint density at radius 1 is 1.38 bits per heavy atom. The Bertz CT molecular complexity index is 706. The predicted octanol–water partition coefficient (Wildman–Crippen LogP) is 1.64. The molecule has 0 saturated carbocycles. The maximum Gasteiger partial charge on any atom is 0.274 e. The normalized spacial score (nSPS) is 10.1. The molecular formula is C13H11FN4O3. The van der Waals surface area contributed by atoms with Gasteiger partial charge in [0, 0.05) is 24.4 Å². The Hall–Kier alpha value is -3.03. The molecule has 2 rings (SSSR count). The predicted molar refractivity (Wildman–Crippen MR) is 72.9 cm³/mol. The smallest absolute Gasteiger partial charge is 0.274 e. The van der Waals surface area contributed by atoms with E-state index < -0.39 is 16.6 Å². The number of hydrogen-bond acceptors (Lipinski definition) is 5. The Labute approximate surface area is 118 Å². The van der Waals surface area contributed by atoms with E-state index in [1.165, 1.54) is 30.5 Å². The van der Waals surface area contributed by atoms with Crippen LogP contribution in [0.25, 0.3) is 0 Å². The number of para-hydroxylation sites is 1. The van der Waals surface area contributed by atoms with Crippen molar-refractivity contribution < 1.29 is 14.1 Å². The van der Waals surface area contributed by atoms with Gasteiger partial charge in [0.15, 0.2) is 11.6 Å². The van der Waals surface area contributed by atoms with Crippen LogP contribution in [0.1, 0.15) is 15.9 Å². The van der Waals surface area contributed by atoms with Gasteiger partial charge >= 0.3 is 0 Å². The fourth-order valence-electron chi connectivity index (χ4n) is 1.74. The van der Waals surface area contributed by atoms with Crippen molar-refractivity contribution in [2.45, 2.75) is 6.54 Å². The topological polar surface area (TPSA) is 111 Å². The van der Waals surface area contributed by atoms with Crippen molar-refractivity contribution in [3.05, 3.63) is 63.6 Å². The van der Waals surface area contributed by atoms with E-state index in [0.717, 1.165) is 0 Å². The van der Waals surface area contributed by atoms with Crippen molar-refractivity contribution in [1.29, 1.82) is 0 Å². The van der Waals surface area contributed by atoms with Gasteiger partial charge in [-0.2, -0.15) is 0 Å². The van der Waals surface area contributed by atoms with Gasteiger partial charge in [-0.05, 0) is 6.07 Å². The lowest BCUT2D eigenvalue weighted by Crippen LogP contribution is -2.24. The first kappa shape index (κ1) is 14.4. The first-order valence-electron chi connectivity index (χ1n) is 5.91. The number of nitrogen functional groups attached to an aromatic ring is 1. The second-order valence-corrected chi connectivity index (χ2v) is 4.13. The minimum absolute atomic E-state index is 0.0995. The highest BCUT2D eigenvalue weighted by Gasteiger charge is 2.17. The Morgan fingerprint density at radius 2 is 2.10 bits per heavy atom. The molecule has 0 aliphatic carbocycles. The van der Waals surface area contributed by atoms with Crippen LogP contribution in [0.3, 0.4) is 0 Å². The van der Waals surface area contributed by atoms with E-state index in [1.807, 2.05) is 0 Å².